The Labute approximate surface area is 138 Å². The van der Waals surface area contributed by atoms with Gasteiger partial charge in [-0.2, -0.15) is 0 Å². The van der Waals surface area contributed by atoms with E-state index < -0.39 is 0 Å². The monoisotopic (exact) mass is 302 g/mol. The Morgan fingerprint density at radius 1 is 1.00 bits per heavy atom. The van der Waals surface area contributed by atoms with Crippen molar-refractivity contribution in [1.82, 2.24) is 0 Å². The molecule has 1 aliphatic carbocycles. The average Bonchev–Trinajstić information content (AvgIpc) is 2.58. The van der Waals surface area contributed by atoms with E-state index in [1.54, 1.807) is 0 Å². The maximum atomic E-state index is 5.95. The number of hydrogen-bond donors (Lipinski definition) is 0. The first-order chi connectivity index (χ1) is 11.3. The van der Waals surface area contributed by atoms with Crippen LogP contribution < -0.4 is 4.74 Å². The van der Waals surface area contributed by atoms with Crippen LogP contribution in [0, 0.1) is 5.92 Å². The van der Waals surface area contributed by atoms with Crippen LogP contribution in [0.2, 0.25) is 0 Å². The Morgan fingerprint density at radius 3 is 2.35 bits per heavy atom. The lowest BCUT2D eigenvalue weighted by atomic mass is 9.98. The maximum absolute atomic E-state index is 5.95. The van der Waals surface area contributed by atoms with Crippen molar-refractivity contribution in [2.75, 3.05) is 0 Å². The van der Waals surface area contributed by atoms with Crippen molar-refractivity contribution in [3.63, 3.8) is 0 Å². The van der Waals surface area contributed by atoms with Crippen molar-refractivity contribution < 1.29 is 4.74 Å². The second kappa shape index (κ2) is 7.15. The van der Waals surface area contributed by atoms with Crippen molar-refractivity contribution in [2.24, 2.45) is 5.92 Å². The van der Waals surface area contributed by atoms with E-state index in [9.17, 15) is 0 Å². The topological polar surface area (TPSA) is 9.23 Å². The summed E-state index contributed by atoms with van der Waals surface area (Å²) in [5.74, 6) is 2.36. The highest BCUT2D eigenvalue weighted by Crippen LogP contribution is 2.26. The van der Waals surface area contributed by atoms with Crippen LogP contribution in [0.15, 0.2) is 84.7 Å². The summed E-state index contributed by atoms with van der Waals surface area (Å²) in [5.41, 5.74) is 3.67. The standard InChI is InChI=1S/C22H22O/c1-3-22(18-9-5-4-6-10-18)19-12-14-20(15-13-19)23-21-11-7-8-17(2)16-21/h3-7,9-17H,8H2,1-2H3/b22-3-. The Hall–Kier alpha value is -2.54. The molecule has 0 saturated heterocycles. The van der Waals surface area contributed by atoms with Gasteiger partial charge in [-0.3, -0.25) is 0 Å². The molecule has 1 heteroatoms. The van der Waals surface area contributed by atoms with E-state index in [2.05, 4.69) is 74.5 Å². The molecule has 0 saturated carbocycles. The number of benzene rings is 2. The van der Waals surface area contributed by atoms with E-state index in [-0.39, 0.29) is 0 Å². The minimum atomic E-state index is 0.544. The van der Waals surface area contributed by atoms with E-state index in [0.29, 0.717) is 5.92 Å². The summed E-state index contributed by atoms with van der Waals surface area (Å²) in [6, 6.07) is 18.8. The van der Waals surface area contributed by atoms with Crippen molar-refractivity contribution in [3.05, 3.63) is 95.8 Å². The lowest BCUT2D eigenvalue weighted by Gasteiger charge is -2.14. The third-order valence-electron chi connectivity index (χ3n) is 4.01. The minimum absolute atomic E-state index is 0.544. The second-order valence-corrected chi connectivity index (χ2v) is 5.88. The molecule has 0 heterocycles. The molecule has 1 nitrogen and oxygen atoms in total. The summed E-state index contributed by atoms with van der Waals surface area (Å²) in [7, 11) is 0. The van der Waals surface area contributed by atoms with E-state index in [4.69, 9.17) is 4.74 Å². The van der Waals surface area contributed by atoms with E-state index in [0.717, 1.165) is 17.9 Å². The molecule has 116 valence electrons. The molecular weight excluding hydrogens is 280 g/mol. The summed E-state index contributed by atoms with van der Waals surface area (Å²) >= 11 is 0. The SMILES string of the molecule is C/C=C(/c1ccccc1)c1ccc(OC2=CC(C)CC=C2)cc1. The number of allylic oxidation sites excluding steroid dienone is 4. The van der Waals surface area contributed by atoms with Gasteiger partial charge in [0.2, 0.25) is 0 Å². The number of rotatable bonds is 4. The molecule has 1 atom stereocenters. The van der Waals surface area contributed by atoms with Gasteiger partial charge < -0.3 is 4.74 Å². The van der Waals surface area contributed by atoms with Crippen LogP contribution >= 0.6 is 0 Å². The van der Waals surface area contributed by atoms with Crippen LogP contribution in [-0.4, -0.2) is 0 Å². The second-order valence-electron chi connectivity index (χ2n) is 5.88. The summed E-state index contributed by atoms with van der Waals surface area (Å²) in [5, 5.41) is 0. The minimum Gasteiger partial charge on any atom is -0.458 e. The smallest absolute Gasteiger partial charge is 0.127 e. The molecule has 0 fully saturated rings. The molecule has 0 bridgehead atoms. The van der Waals surface area contributed by atoms with Crippen molar-refractivity contribution >= 4 is 5.57 Å². The predicted octanol–water partition coefficient (Wildman–Crippen LogP) is 6.00. The van der Waals surface area contributed by atoms with Gasteiger partial charge in [0.05, 0.1) is 0 Å². The van der Waals surface area contributed by atoms with Gasteiger partial charge in [0.25, 0.3) is 0 Å². The fourth-order valence-corrected chi connectivity index (χ4v) is 2.83. The zero-order chi connectivity index (χ0) is 16.1. The average molecular weight is 302 g/mol. The van der Waals surface area contributed by atoms with Gasteiger partial charge in [0, 0.05) is 0 Å². The maximum Gasteiger partial charge on any atom is 0.127 e. The lowest BCUT2D eigenvalue weighted by Crippen LogP contribution is -2.01. The zero-order valence-electron chi connectivity index (χ0n) is 13.7. The van der Waals surface area contributed by atoms with E-state index in [1.165, 1.54) is 16.7 Å². The molecule has 1 unspecified atom stereocenters. The molecule has 0 aromatic heterocycles. The van der Waals surface area contributed by atoms with Crippen LogP contribution in [0.1, 0.15) is 31.4 Å². The van der Waals surface area contributed by atoms with E-state index in [1.807, 2.05) is 18.2 Å². The predicted molar refractivity (Wildman–Crippen MR) is 97.3 cm³/mol. The molecule has 0 amide bonds. The highest BCUT2D eigenvalue weighted by molar-refractivity contribution is 5.79. The summed E-state index contributed by atoms with van der Waals surface area (Å²) in [6.07, 6.45) is 9.64. The number of ether oxygens (including phenoxy) is 1. The molecule has 1 aliphatic rings. The van der Waals surface area contributed by atoms with Gasteiger partial charge in [-0.05, 0) is 60.2 Å². The summed E-state index contributed by atoms with van der Waals surface area (Å²) < 4.78 is 5.95. The Kier molecular flexibility index (Phi) is 4.77. The summed E-state index contributed by atoms with van der Waals surface area (Å²) in [4.78, 5) is 0. The number of hydrogen-bond acceptors (Lipinski definition) is 1. The molecule has 3 rings (SSSR count). The lowest BCUT2D eigenvalue weighted by molar-refractivity contribution is 0.432. The Bertz CT molecular complexity index is 733. The third kappa shape index (κ3) is 3.81. The van der Waals surface area contributed by atoms with Crippen molar-refractivity contribution in [1.29, 1.82) is 0 Å². The van der Waals surface area contributed by atoms with Crippen LogP contribution in [0.5, 0.6) is 5.75 Å². The van der Waals surface area contributed by atoms with E-state index >= 15 is 0 Å². The van der Waals surface area contributed by atoms with Gasteiger partial charge >= 0.3 is 0 Å². The van der Waals surface area contributed by atoms with Gasteiger partial charge in [-0.15, -0.1) is 0 Å². The Morgan fingerprint density at radius 2 is 1.70 bits per heavy atom. The molecule has 23 heavy (non-hydrogen) atoms. The van der Waals surface area contributed by atoms with Gasteiger partial charge in [0.15, 0.2) is 0 Å². The van der Waals surface area contributed by atoms with Gasteiger partial charge in [-0.25, -0.2) is 0 Å². The molecule has 0 N–H and O–H groups in total. The molecule has 2 aromatic carbocycles. The van der Waals surface area contributed by atoms with Crippen molar-refractivity contribution in [3.8, 4) is 5.75 Å². The zero-order valence-corrected chi connectivity index (χ0v) is 13.7. The highest BCUT2D eigenvalue weighted by atomic mass is 16.5. The first-order valence-corrected chi connectivity index (χ1v) is 8.14. The van der Waals surface area contributed by atoms with Crippen LogP contribution in [0.3, 0.4) is 0 Å². The Balaban J connectivity index is 1.78. The van der Waals surface area contributed by atoms with Gasteiger partial charge in [0.1, 0.15) is 11.5 Å². The van der Waals surface area contributed by atoms with Gasteiger partial charge in [-0.1, -0.05) is 61.5 Å². The van der Waals surface area contributed by atoms with Crippen LogP contribution in [0.4, 0.5) is 0 Å². The molecule has 2 aromatic rings. The molecule has 0 radical (unpaired) electrons. The molecule has 0 spiro atoms. The fourth-order valence-electron chi connectivity index (χ4n) is 2.83. The summed E-state index contributed by atoms with van der Waals surface area (Å²) in [6.45, 7) is 4.28. The highest BCUT2D eigenvalue weighted by Gasteiger charge is 2.07. The molecule has 0 aliphatic heterocycles. The first kappa shape index (κ1) is 15.4. The molecular formula is C22H22O. The largest absolute Gasteiger partial charge is 0.458 e. The van der Waals surface area contributed by atoms with Crippen molar-refractivity contribution in [2.45, 2.75) is 20.3 Å². The first-order valence-electron chi connectivity index (χ1n) is 8.14. The van der Waals surface area contributed by atoms with Crippen LogP contribution in [-0.2, 0) is 0 Å². The quantitative estimate of drug-likeness (QED) is 0.673. The third-order valence-corrected chi connectivity index (χ3v) is 4.01. The fraction of sp³-hybridized carbons (Fsp3) is 0.182. The van der Waals surface area contributed by atoms with Crippen LogP contribution in [0.25, 0.3) is 5.57 Å². The normalized spacial score (nSPS) is 17.7.